The molecule has 0 aliphatic carbocycles. The van der Waals surface area contributed by atoms with Crippen molar-refractivity contribution >= 4 is 118 Å². The Morgan fingerprint density at radius 3 is 1.15 bits per heavy atom. The number of aldehydes is 1. The molecule has 0 aromatic carbocycles. The van der Waals surface area contributed by atoms with E-state index in [1.54, 1.807) is 6.92 Å². The minimum absolute atomic E-state index is 0. The number of amides is 1. The molecule has 0 aliphatic heterocycles. The molecule has 0 fully saturated rings. The summed E-state index contributed by atoms with van der Waals surface area (Å²) in [5.41, 5.74) is 9.32. The molecule has 0 atom stereocenters. The van der Waals surface area contributed by atoms with Crippen molar-refractivity contribution in [2.24, 2.45) is 16.6 Å². The number of carbonyl (C=O) groups excluding carboxylic acids is 2. The first-order chi connectivity index (χ1) is 9.62. The zero-order valence-corrected chi connectivity index (χ0v) is 25.6. The summed E-state index contributed by atoms with van der Waals surface area (Å²) < 4.78 is 0. The van der Waals surface area contributed by atoms with Gasteiger partial charge >= 0.3 is 114 Å². The fourth-order valence-electron chi connectivity index (χ4n) is 0. The average molecular weight is 1020 g/mol. The molecule has 171 valence electrons. The maximum absolute atomic E-state index is 9.22. The fourth-order valence-corrected chi connectivity index (χ4v) is 0. The van der Waals surface area contributed by atoms with Gasteiger partial charge in [0.15, 0.2) is 0 Å². The molecule has 0 heterocycles. The van der Waals surface area contributed by atoms with Crippen LogP contribution in [0, 0.1) is 0 Å². The van der Waals surface area contributed by atoms with Crippen molar-refractivity contribution in [1.29, 1.82) is 0 Å². The van der Waals surface area contributed by atoms with Crippen LogP contribution in [0.1, 0.15) is 64.8 Å². The number of oxime groups is 1. The minimum atomic E-state index is -0.333. The second-order valence-electron chi connectivity index (χ2n) is 1.88. The summed E-state index contributed by atoms with van der Waals surface area (Å²) in [6.45, 7) is 7.04. The second kappa shape index (κ2) is 103. The first-order valence-corrected chi connectivity index (χ1v) is 27.3. The van der Waals surface area contributed by atoms with Crippen molar-refractivity contribution in [2.75, 3.05) is 6.54 Å². The van der Waals surface area contributed by atoms with Crippen LogP contribution in [0.4, 0.5) is 0 Å². The van der Waals surface area contributed by atoms with Gasteiger partial charge in [-0.05, 0) is 20.4 Å². The summed E-state index contributed by atoms with van der Waals surface area (Å²) in [6, 6.07) is 0. The van der Waals surface area contributed by atoms with Crippen molar-refractivity contribution in [2.45, 2.75) is 64.8 Å². The zero-order chi connectivity index (χ0) is 18.7. The summed E-state index contributed by atoms with van der Waals surface area (Å²) in [5.74, 6) is -0.333. The van der Waals surface area contributed by atoms with Crippen LogP contribution in [0.5, 0.6) is 0 Å². The van der Waals surface area contributed by atoms with Crippen LogP contribution < -0.4 is 11.5 Å². The standard InChI is InChI=1S/2C2H5NO.C2H7N.C2H4O.5CH4.5HI.2V/c1-2-3-4;1-2(3)4;2*1-2-3;;;;;;;;;;;;/h2,4H,1H3;1H3,(H2,3,4);2-3H2,1H3;2H,1H3;5*1H4;5*1H;;/q;;;;;;;;;;;;;;+2;+3/p-5/b3-2+;;;;;;;;;;;;;;;. The van der Waals surface area contributed by atoms with E-state index < -0.39 is 0 Å². The molecule has 6 nitrogen and oxygen atoms in total. The van der Waals surface area contributed by atoms with Crippen molar-refractivity contribution < 1.29 is 29.2 Å². The first-order valence-electron chi connectivity index (χ1n) is 4.80. The monoisotopic (exact) mass is 1020 g/mol. The Balaban J connectivity index is -0.0000000112. The summed E-state index contributed by atoms with van der Waals surface area (Å²) in [7, 11) is 0.628. The quantitative estimate of drug-likeness (QED) is 0.0758. The molecule has 0 saturated carbocycles. The van der Waals surface area contributed by atoms with Crippen molar-refractivity contribution in [3.63, 3.8) is 0 Å². The third-order valence-corrected chi connectivity index (χ3v) is 0.115. The molecule has 13 heteroatoms. The van der Waals surface area contributed by atoms with E-state index in [2.05, 4.69) is 111 Å². The van der Waals surface area contributed by atoms with Crippen LogP contribution in [0.15, 0.2) is 5.16 Å². The van der Waals surface area contributed by atoms with E-state index in [-0.39, 0.29) is 48.0 Å². The van der Waals surface area contributed by atoms with Gasteiger partial charge < -0.3 is 21.5 Å². The van der Waals surface area contributed by atoms with Crippen LogP contribution >= 0.6 is 99.9 Å². The van der Waals surface area contributed by atoms with Gasteiger partial charge in [0.2, 0.25) is 5.91 Å². The molecule has 0 aromatic rings. The molecule has 0 bridgehead atoms. The van der Waals surface area contributed by atoms with Crippen LogP contribution in [-0.2, 0) is 24.0 Å². The number of halogens is 5. The first kappa shape index (κ1) is 70.0. The third-order valence-electron chi connectivity index (χ3n) is 0.115. The van der Waals surface area contributed by atoms with Gasteiger partial charge in [0.1, 0.15) is 6.29 Å². The molecular weight excluding hydrogens is 983 g/mol. The van der Waals surface area contributed by atoms with E-state index in [0.717, 1.165) is 12.8 Å². The fraction of sp³-hybridized carbons (Fsp3) is 0.769. The Hall–Kier alpha value is 3.39. The van der Waals surface area contributed by atoms with Crippen molar-refractivity contribution in [3.8, 4) is 0 Å². The van der Waals surface area contributed by atoms with Gasteiger partial charge in [0.05, 0.1) is 0 Å². The van der Waals surface area contributed by atoms with Crippen LogP contribution in [-0.4, -0.2) is 30.2 Å². The van der Waals surface area contributed by atoms with Gasteiger partial charge in [0, 0.05) is 13.1 Å². The molecule has 0 saturated heterocycles. The van der Waals surface area contributed by atoms with E-state index in [0.29, 0.717) is 9.47 Å². The van der Waals surface area contributed by atoms with Crippen LogP contribution in [0.3, 0.4) is 0 Å². The maximum atomic E-state index is 9.22. The van der Waals surface area contributed by atoms with E-state index in [4.69, 9.17) is 15.7 Å². The molecular formula is C13H41I5N3O3V2. The van der Waals surface area contributed by atoms with Gasteiger partial charge in [-0.15, -0.1) is 5.16 Å². The summed E-state index contributed by atoms with van der Waals surface area (Å²) >= 11 is 12.1. The molecule has 1 amide bonds. The topological polar surface area (TPSA) is 119 Å². The number of hydrogen-bond acceptors (Lipinski definition) is 5. The van der Waals surface area contributed by atoms with Crippen molar-refractivity contribution in [3.05, 3.63) is 0 Å². The SMILES string of the molecule is C.C.C.C.C.C/C=N/O.CC(N)=O.CC=O.CCN.[I][V]([I])[I].[I][V][I]. The van der Waals surface area contributed by atoms with Gasteiger partial charge in [-0.1, -0.05) is 44.1 Å². The normalized spacial score (nSPS) is 5.50. The number of nitrogens with zero attached hydrogens (tertiary/aromatic N) is 1. The summed E-state index contributed by atoms with van der Waals surface area (Å²) in [4.78, 5) is 17.8. The number of carbonyl (C=O) groups is 2. The average Bonchev–Trinajstić information content (AvgIpc) is 2.30. The Labute approximate surface area is 231 Å². The predicted octanol–water partition coefficient (Wildman–Crippen LogP) is 7.73. The Morgan fingerprint density at radius 2 is 1.15 bits per heavy atom. The van der Waals surface area contributed by atoms with Gasteiger partial charge in [0.25, 0.3) is 0 Å². The third kappa shape index (κ3) is 990. The van der Waals surface area contributed by atoms with Crippen LogP contribution in [0.2, 0.25) is 0 Å². The van der Waals surface area contributed by atoms with E-state index in [9.17, 15) is 4.79 Å². The number of nitrogens with two attached hydrogens (primary N) is 2. The molecule has 0 radical (unpaired) electrons. The second-order valence-corrected chi connectivity index (χ2v) is 49.0. The molecule has 26 heavy (non-hydrogen) atoms. The molecule has 0 aromatic heterocycles. The predicted molar refractivity (Wildman–Crippen MR) is 161 cm³/mol. The number of hydrogen-bond donors (Lipinski definition) is 3. The zero-order valence-electron chi connectivity index (χ0n) is 12.0. The molecule has 5 N–H and O–H groups in total. The Kier molecular flexibility index (Phi) is 277. The Bertz CT molecular complexity index is 188. The Morgan fingerprint density at radius 1 is 1.12 bits per heavy atom. The summed E-state index contributed by atoms with van der Waals surface area (Å²) in [6.07, 6.45) is 2.06. The molecule has 0 unspecified atom stereocenters. The molecule has 0 spiro atoms. The van der Waals surface area contributed by atoms with Gasteiger partial charge in [-0.3, -0.25) is 4.79 Å². The molecule has 0 aliphatic rings. The van der Waals surface area contributed by atoms with Crippen LogP contribution in [0.25, 0.3) is 0 Å². The van der Waals surface area contributed by atoms with Gasteiger partial charge in [-0.2, -0.15) is 0 Å². The van der Waals surface area contributed by atoms with E-state index in [1.165, 1.54) is 20.1 Å². The molecule has 0 rings (SSSR count). The van der Waals surface area contributed by atoms with Gasteiger partial charge in [-0.25, -0.2) is 0 Å². The number of rotatable bonds is 0. The number of primary amides is 1. The van der Waals surface area contributed by atoms with E-state index in [1.807, 2.05) is 6.92 Å². The van der Waals surface area contributed by atoms with E-state index >= 15 is 0 Å². The summed E-state index contributed by atoms with van der Waals surface area (Å²) in [5, 5.41) is 10.1. The van der Waals surface area contributed by atoms with Crippen molar-refractivity contribution in [1.82, 2.24) is 0 Å².